The van der Waals surface area contributed by atoms with E-state index < -0.39 is 0 Å². The molecule has 1 amide bonds. The maximum Gasteiger partial charge on any atom is 0.263 e. The molecule has 2 rings (SSSR count). The van der Waals surface area contributed by atoms with Crippen molar-refractivity contribution in [1.82, 2.24) is 15.3 Å². The predicted molar refractivity (Wildman–Crippen MR) is 69.3 cm³/mol. The van der Waals surface area contributed by atoms with Crippen LogP contribution in [0.5, 0.6) is 0 Å². The molecule has 0 aliphatic heterocycles. The van der Waals surface area contributed by atoms with Crippen molar-refractivity contribution < 1.29 is 4.79 Å². The molecule has 7 heteroatoms. The third-order valence-corrected chi connectivity index (χ3v) is 4.19. The highest BCUT2D eigenvalue weighted by Crippen LogP contribution is 2.19. The van der Waals surface area contributed by atoms with Crippen LogP contribution in [0.1, 0.15) is 25.9 Å². The van der Waals surface area contributed by atoms with Crippen LogP contribution >= 0.6 is 22.7 Å². The molecule has 0 unspecified atom stereocenters. The molecule has 5 nitrogen and oxygen atoms in total. The van der Waals surface area contributed by atoms with Gasteiger partial charge in [-0.2, -0.15) is 0 Å². The van der Waals surface area contributed by atoms with Gasteiger partial charge in [0.25, 0.3) is 5.91 Å². The lowest BCUT2D eigenvalue weighted by molar-refractivity contribution is 0.0954. The monoisotopic (exact) mass is 268 g/mol. The van der Waals surface area contributed by atoms with Gasteiger partial charge in [-0.05, 0) is 13.8 Å². The predicted octanol–water partition coefficient (Wildman–Crippen LogP) is 1.73. The molecule has 2 heterocycles. The van der Waals surface area contributed by atoms with Crippen LogP contribution in [-0.4, -0.2) is 15.9 Å². The molecule has 3 N–H and O–H groups in total. The normalized spacial score (nSPS) is 10.5. The van der Waals surface area contributed by atoms with Gasteiger partial charge >= 0.3 is 0 Å². The van der Waals surface area contributed by atoms with E-state index in [9.17, 15) is 4.79 Å². The lowest BCUT2D eigenvalue weighted by atomic mass is 10.3. The smallest absolute Gasteiger partial charge is 0.263 e. The third-order valence-electron chi connectivity index (χ3n) is 2.27. The Balaban J connectivity index is 2.03. The molecule has 0 aromatic carbocycles. The number of nitrogens with zero attached hydrogens (tertiary/aromatic N) is 2. The number of hydrogen-bond acceptors (Lipinski definition) is 6. The number of aromatic nitrogens is 2. The topological polar surface area (TPSA) is 80.9 Å². The van der Waals surface area contributed by atoms with E-state index in [0.717, 1.165) is 10.6 Å². The summed E-state index contributed by atoms with van der Waals surface area (Å²) in [5.41, 5.74) is 8.95. The summed E-state index contributed by atoms with van der Waals surface area (Å²) in [6.45, 7) is 4.19. The van der Waals surface area contributed by atoms with E-state index in [0.29, 0.717) is 22.2 Å². The van der Waals surface area contributed by atoms with Crippen LogP contribution in [0.15, 0.2) is 5.51 Å². The maximum atomic E-state index is 11.9. The van der Waals surface area contributed by atoms with Crippen LogP contribution in [-0.2, 0) is 6.54 Å². The van der Waals surface area contributed by atoms with E-state index >= 15 is 0 Å². The summed E-state index contributed by atoms with van der Waals surface area (Å²) in [7, 11) is 0. The van der Waals surface area contributed by atoms with E-state index in [1.165, 1.54) is 22.7 Å². The van der Waals surface area contributed by atoms with Crippen molar-refractivity contribution in [2.45, 2.75) is 20.4 Å². The Morgan fingerprint density at radius 1 is 1.47 bits per heavy atom. The highest BCUT2D eigenvalue weighted by molar-refractivity contribution is 7.17. The molecular formula is C10H12N4OS2. The Bertz CT molecular complexity index is 546. The Hall–Kier alpha value is -1.47. The van der Waals surface area contributed by atoms with Crippen LogP contribution < -0.4 is 11.1 Å². The minimum atomic E-state index is -0.135. The van der Waals surface area contributed by atoms with Crippen molar-refractivity contribution in [2.24, 2.45) is 0 Å². The van der Waals surface area contributed by atoms with Crippen molar-refractivity contribution >= 4 is 33.7 Å². The van der Waals surface area contributed by atoms with Crippen LogP contribution in [0.2, 0.25) is 0 Å². The first-order valence-electron chi connectivity index (χ1n) is 4.98. The van der Waals surface area contributed by atoms with Gasteiger partial charge in [0, 0.05) is 4.88 Å². The summed E-state index contributed by atoms with van der Waals surface area (Å²) in [6, 6.07) is 0. The first-order chi connectivity index (χ1) is 8.08. The van der Waals surface area contributed by atoms with E-state index in [-0.39, 0.29) is 5.91 Å². The Labute approximate surface area is 107 Å². The van der Waals surface area contributed by atoms with Gasteiger partial charge in [0.15, 0.2) is 5.13 Å². The number of anilines is 1. The second-order valence-corrected chi connectivity index (χ2v) is 5.48. The minimum absolute atomic E-state index is 0.135. The summed E-state index contributed by atoms with van der Waals surface area (Å²) >= 11 is 2.74. The van der Waals surface area contributed by atoms with Gasteiger partial charge < -0.3 is 11.1 Å². The van der Waals surface area contributed by atoms with E-state index in [1.54, 1.807) is 12.4 Å². The first kappa shape index (κ1) is 12.0. The standard InChI is InChI=1S/C10H12N4OS2/c1-5-7(16-4-13-5)3-12-9(15)8-6(2)14-10(11)17-8/h4H,3H2,1-2H3,(H2,11,14)(H,12,15). The molecule has 0 spiro atoms. The zero-order chi connectivity index (χ0) is 12.4. The van der Waals surface area contributed by atoms with Crippen LogP contribution in [0.25, 0.3) is 0 Å². The molecule has 0 radical (unpaired) electrons. The van der Waals surface area contributed by atoms with Gasteiger partial charge in [0.2, 0.25) is 0 Å². The van der Waals surface area contributed by atoms with Crippen LogP contribution in [0.4, 0.5) is 5.13 Å². The summed E-state index contributed by atoms with van der Waals surface area (Å²) in [4.78, 5) is 21.7. The molecule has 0 saturated heterocycles. The lowest BCUT2D eigenvalue weighted by Gasteiger charge is -2.02. The Morgan fingerprint density at radius 3 is 2.76 bits per heavy atom. The maximum absolute atomic E-state index is 11.9. The van der Waals surface area contributed by atoms with Gasteiger partial charge in [-0.3, -0.25) is 4.79 Å². The number of carbonyl (C=O) groups excluding carboxylic acids is 1. The molecule has 0 saturated carbocycles. The van der Waals surface area contributed by atoms with Gasteiger partial charge in [-0.15, -0.1) is 11.3 Å². The summed E-state index contributed by atoms with van der Waals surface area (Å²) in [6.07, 6.45) is 0. The average molecular weight is 268 g/mol. The number of hydrogen-bond donors (Lipinski definition) is 2. The molecule has 90 valence electrons. The fourth-order valence-electron chi connectivity index (χ4n) is 1.36. The number of nitrogens with one attached hydrogen (secondary N) is 1. The van der Waals surface area contributed by atoms with Gasteiger partial charge in [0.1, 0.15) is 4.88 Å². The average Bonchev–Trinajstić information content (AvgIpc) is 2.81. The van der Waals surface area contributed by atoms with Gasteiger partial charge in [-0.25, -0.2) is 9.97 Å². The quantitative estimate of drug-likeness (QED) is 0.888. The van der Waals surface area contributed by atoms with Crippen LogP contribution in [0, 0.1) is 13.8 Å². The van der Waals surface area contributed by atoms with E-state index in [2.05, 4.69) is 15.3 Å². The molecule has 0 aliphatic rings. The molecule has 0 bridgehead atoms. The fourth-order valence-corrected chi connectivity index (χ4v) is 2.83. The number of amides is 1. The SMILES string of the molecule is Cc1ncsc1CNC(=O)c1sc(N)nc1C. The van der Waals surface area contributed by atoms with Crippen molar-refractivity contribution in [1.29, 1.82) is 0 Å². The van der Waals surface area contributed by atoms with Crippen molar-refractivity contribution in [3.05, 3.63) is 26.7 Å². The highest BCUT2D eigenvalue weighted by atomic mass is 32.1. The zero-order valence-corrected chi connectivity index (χ0v) is 11.1. The summed E-state index contributed by atoms with van der Waals surface area (Å²) in [5.74, 6) is -0.135. The lowest BCUT2D eigenvalue weighted by Crippen LogP contribution is -2.22. The molecule has 2 aromatic rings. The molecular weight excluding hydrogens is 256 g/mol. The second kappa shape index (κ2) is 4.80. The van der Waals surface area contributed by atoms with E-state index in [4.69, 9.17) is 5.73 Å². The number of nitrogens with two attached hydrogens (primary N) is 1. The van der Waals surface area contributed by atoms with E-state index in [1.807, 2.05) is 6.92 Å². The minimum Gasteiger partial charge on any atom is -0.375 e. The number of rotatable bonds is 3. The molecule has 0 fully saturated rings. The second-order valence-electron chi connectivity index (χ2n) is 3.51. The van der Waals surface area contributed by atoms with Crippen molar-refractivity contribution in [3.8, 4) is 0 Å². The van der Waals surface area contributed by atoms with Crippen LogP contribution in [0.3, 0.4) is 0 Å². The summed E-state index contributed by atoms with van der Waals surface area (Å²) < 4.78 is 0. The fraction of sp³-hybridized carbons (Fsp3) is 0.300. The van der Waals surface area contributed by atoms with Crippen molar-refractivity contribution in [3.63, 3.8) is 0 Å². The molecule has 0 aliphatic carbocycles. The number of nitrogen functional groups attached to an aromatic ring is 1. The van der Waals surface area contributed by atoms with Gasteiger partial charge in [-0.1, -0.05) is 11.3 Å². The largest absolute Gasteiger partial charge is 0.375 e. The first-order valence-corrected chi connectivity index (χ1v) is 6.67. The summed E-state index contributed by atoms with van der Waals surface area (Å²) in [5, 5.41) is 3.26. The third kappa shape index (κ3) is 2.62. The van der Waals surface area contributed by atoms with Crippen molar-refractivity contribution in [2.75, 3.05) is 5.73 Å². The Morgan fingerprint density at radius 2 is 2.24 bits per heavy atom. The Kier molecular flexibility index (Phi) is 3.39. The molecule has 0 atom stereocenters. The highest BCUT2D eigenvalue weighted by Gasteiger charge is 2.14. The van der Waals surface area contributed by atoms with Gasteiger partial charge in [0.05, 0.1) is 23.4 Å². The number of thiazole rings is 2. The number of carbonyl (C=O) groups is 1. The number of aryl methyl sites for hydroxylation is 2. The zero-order valence-electron chi connectivity index (χ0n) is 9.48. The molecule has 17 heavy (non-hydrogen) atoms. The molecule has 2 aromatic heterocycles.